The number of nitrogens with one attached hydrogen (secondary N) is 2. The average Bonchev–Trinajstić information content (AvgIpc) is 3.02. The summed E-state index contributed by atoms with van der Waals surface area (Å²) in [5.74, 6) is -0.731. The Bertz CT molecular complexity index is 749. The largest absolute Gasteiger partial charge is 0.454 e. The van der Waals surface area contributed by atoms with Crippen LogP contribution in [0.1, 0.15) is 28.8 Å². The van der Waals surface area contributed by atoms with Crippen LogP contribution in [0, 0.1) is 11.6 Å². The second-order valence-electron chi connectivity index (χ2n) is 4.91. The monoisotopic (exact) mass is 464 g/mol. The number of furan rings is 1. The van der Waals surface area contributed by atoms with E-state index in [1.54, 1.807) is 6.07 Å². The SMILES string of the molecule is CCNC(=NCc1cc(F)ccc1F)NCc1ccc(C(N)=O)o1.I. The first-order chi connectivity index (χ1) is 11.5. The minimum absolute atomic E-state index is 0. The molecule has 4 N–H and O–H groups in total. The van der Waals surface area contributed by atoms with Crippen molar-refractivity contribution in [3.8, 4) is 0 Å². The molecule has 0 aliphatic heterocycles. The van der Waals surface area contributed by atoms with Crippen molar-refractivity contribution in [2.24, 2.45) is 10.7 Å². The maximum Gasteiger partial charge on any atom is 0.284 e. The fraction of sp³-hybridized carbons (Fsp3) is 0.250. The summed E-state index contributed by atoms with van der Waals surface area (Å²) in [6, 6.07) is 6.32. The number of primary amides is 1. The molecule has 1 heterocycles. The van der Waals surface area contributed by atoms with Crippen molar-refractivity contribution in [1.82, 2.24) is 10.6 Å². The van der Waals surface area contributed by atoms with E-state index in [9.17, 15) is 13.6 Å². The smallest absolute Gasteiger partial charge is 0.284 e. The first-order valence-corrected chi connectivity index (χ1v) is 7.34. The molecule has 2 rings (SSSR count). The molecule has 1 aromatic carbocycles. The van der Waals surface area contributed by atoms with Gasteiger partial charge in [0.2, 0.25) is 0 Å². The number of carbonyl (C=O) groups excluding carboxylic acids is 1. The van der Waals surface area contributed by atoms with Gasteiger partial charge in [0.25, 0.3) is 5.91 Å². The minimum atomic E-state index is -0.650. The number of benzene rings is 1. The van der Waals surface area contributed by atoms with Crippen molar-refractivity contribution in [2.75, 3.05) is 6.54 Å². The van der Waals surface area contributed by atoms with Gasteiger partial charge in [-0.05, 0) is 37.3 Å². The number of hydrogen-bond acceptors (Lipinski definition) is 3. The first-order valence-electron chi connectivity index (χ1n) is 7.34. The molecule has 0 saturated heterocycles. The van der Waals surface area contributed by atoms with Crippen LogP contribution in [0.3, 0.4) is 0 Å². The van der Waals surface area contributed by atoms with Gasteiger partial charge in [-0.3, -0.25) is 4.79 Å². The van der Waals surface area contributed by atoms with Crippen molar-refractivity contribution in [3.05, 3.63) is 59.1 Å². The fourth-order valence-electron chi connectivity index (χ4n) is 1.95. The van der Waals surface area contributed by atoms with Gasteiger partial charge in [-0.15, -0.1) is 24.0 Å². The third kappa shape index (κ3) is 6.33. The van der Waals surface area contributed by atoms with Crippen LogP contribution in [0.4, 0.5) is 8.78 Å². The lowest BCUT2D eigenvalue weighted by atomic mass is 10.2. The lowest BCUT2D eigenvalue weighted by Crippen LogP contribution is -2.36. The molecule has 9 heteroatoms. The summed E-state index contributed by atoms with van der Waals surface area (Å²) in [7, 11) is 0. The molecule has 1 amide bonds. The van der Waals surface area contributed by atoms with E-state index < -0.39 is 17.5 Å². The van der Waals surface area contributed by atoms with Crippen LogP contribution < -0.4 is 16.4 Å². The number of guanidine groups is 1. The van der Waals surface area contributed by atoms with Gasteiger partial charge in [0.15, 0.2) is 11.7 Å². The minimum Gasteiger partial charge on any atom is -0.454 e. The number of amides is 1. The van der Waals surface area contributed by atoms with Gasteiger partial charge in [-0.2, -0.15) is 0 Å². The van der Waals surface area contributed by atoms with Gasteiger partial charge in [-0.1, -0.05) is 0 Å². The number of carbonyl (C=O) groups is 1. The molecule has 0 fully saturated rings. The highest BCUT2D eigenvalue weighted by molar-refractivity contribution is 14.0. The Morgan fingerprint density at radius 3 is 2.64 bits per heavy atom. The van der Waals surface area contributed by atoms with Crippen LogP contribution in [0.15, 0.2) is 39.7 Å². The highest BCUT2D eigenvalue weighted by atomic mass is 127. The Morgan fingerprint density at radius 1 is 1.24 bits per heavy atom. The Hall–Kier alpha value is -2.17. The van der Waals surface area contributed by atoms with Gasteiger partial charge in [0.05, 0.1) is 13.1 Å². The number of nitrogens with two attached hydrogens (primary N) is 1. The van der Waals surface area contributed by atoms with Crippen molar-refractivity contribution in [1.29, 1.82) is 0 Å². The quantitative estimate of drug-likeness (QED) is 0.348. The molecule has 0 radical (unpaired) electrons. The van der Waals surface area contributed by atoms with Gasteiger partial charge >= 0.3 is 0 Å². The van der Waals surface area contributed by atoms with Gasteiger partial charge < -0.3 is 20.8 Å². The zero-order chi connectivity index (χ0) is 17.5. The maximum atomic E-state index is 13.6. The van der Waals surface area contributed by atoms with E-state index in [1.807, 2.05) is 6.92 Å². The van der Waals surface area contributed by atoms with Crippen LogP contribution in [0.5, 0.6) is 0 Å². The van der Waals surface area contributed by atoms with Crippen LogP contribution in [-0.4, -0.2) is 18.4 Å². The zero-order valence-electron chi connectivity index (χ0n) is 13.5. The second kappa shape index (κ2) is 9.97. The summed E-state index contributed by atoms with van der Waals surface area (Å²) in [6.07, 6.45) is 0. The Labute approximate surface area is 160 Å². The third-order valence-corrected chi connectivity index (χ3v) is 3.09. The van der Waals surface area contributed by atoms with E-state index in [0.717, 1.165) is 18.2 Å². The summed E-state index contributed by atoms with van der Waals surface area (Å²) < 4.78 is 32.0. The topological polar surface area (TPSA) is 92.6 Å². The fourth-order valence-corrected chi connectivity index (χ4v) is 1.95. The van der Waals surface area contributed by atoms with Gasteiger partial charge in [0.1, 0.15) is 17.4 Å². The summed E-state index contributed by atoms with van der Waals surface area (Å²) in [6.45, 7) is 2.69. The lowest BCUT2D eigenvalue weighted by molar-refractivity contribution is 0.0972. The van der Waals surface area contributed by atoms with Crippen LogP contribution in [0.25, 0.3) is 0 Å². The van der Waals surface area contributed by atoms with Crippen molar-refractivity contribution < 1.29 is 18.0 Å². The Morgan fingerprint density at radius 2 is 2.00 bits per heavy atom. The third-order valence-electron chi connectivity index (χ3n) is 3.09. The Kier molecular flexibility index (Phi) is 8.32. The molecule has 0 spiro atoms. The van der Waals surface area contributed by atoms with Crippen molar-refractivity contribution >= 4 is 35.8 Å². The summed E-state index contributed by atoms with van der Waals surface area (Å²) in [4.78, 5) is 15.2. The molecule has 0 saturated carbocycles. The number of aliphatic imine (C=N–C) groups is 1. The molecule has 0 unspecified atom stereocenters. The molecular formula is C16H19F2IN4O2. The molecule has 0 bridgehead atoms. The van der Waals surface area contributed by atoms with E-state index in [-0.39, 0.29) is 48.4 Å². The number of hydrogen-bond donors (Lipinski definition) is 3. The van der Waals surface area contributed by atoms with E-state index >= 15 is 0 Å². The maximum absolute atomic E-state index is 13.6. The summed E-state index contributed by atoms with van der Waals surface area (Å²) in [5, 5.41) is 5.95. The molecule has 2 aromatic rings. The first kappa shape index (κ1) is 20.9. The van der Waals surface area contributed by atoms with E-state index in [4.69, 9.17) is 10.2 Å². The molecule has 1 aromatic heterocycles. The average molecular weight is 464 g/mol. The highest BCUT2D eigenvalue weighted by Gasteiger charge is 2.08. The van der Waals surface area contributed by atoms with E-state index in [1.165, 1.54) is 6.07 Å². The standard InChI is InChI=1S/C16H18F2N4O2.HI/c1-2-20-16(21-8-10-7-11(17)3-5-13(10)18)22-9-12-4-6-14(24-12)15(19)23;/h3-7H,2,8-9H2,1H3,(H2,19,23)(H2,20,21,22);1H. The molecular weight excluding hydrogens is 445 g/mol. The van der Waals surface area contributed by atoms with Crippen LogP contribution in [0.2, 0.25) is 0 Å². The van der Waals surface area contributed by atoms with E-state index in [0.29, 0.717) is 18.3 Å². The molecule has 0 aliphatic rings. The van der Waals surface area contributed by atoms with Gasteiger partial charge in [0, 0.05) is 12.1 Å². The molecule has 0 atom stereocenters. The number of nitrogens with zero attached hydrogens (tertiary/aromatic N) is 1. The predicted octanol–water partition coefficient (Wildman–Crippen LogP) is 2.53. The molecule has 25 heavy (non-hydrogen) atoms. The van der Waals surface area contributed by atoms with Crippen LogP contribution >= 0.6 is 24.0 Å². The van der Waals surface area contributed by atoms with Crippen molar-refractivity contribution in [3.63, 3.8) is 0 Å². The van der Waals surface area contributed by atoms with E-state index in [2.05, 4.69) is 15.6 Å². The molecule has 6 nitrogen and oxygen atoms in total. The highest BCUT2D eigenvalue weighted by Crippen LogP contribution is 2.11. The number of halogens is 3. The summed E-state index contributed by atoms with van der Waals surface area (Å²) >= 11 is 0. The molecule has 136 valence electrons. The normalized spacial score (nSPS) is 10.9. The van der Waals surface area contributed by atoms with Crippen LogP contribution in [-0.2, 0) is 13.1 Å². The summed E-state index contributed by atoms with van der Waals surface area (Å²) in [5.41, 5.74) is 5.27. The predicted molar refractivity (Wildman–Crippen MR) is 101 cm³/mol. The zero-order valence-corrected chi connectivity index (χ0v) is 15.8. The second-order valence-corrected chi connectivity index (χ2v) is 4.91. The molecule has 0 aliphatic carbocycles. The van der Waals surface area contributed by atoms with Gasteiger partial charge in [-0.25, -0.2) is 13.8 Å². The Balaban J connectivity index is 0.00000312. The van der Waals surface area contributed by atoms with Crippen molar-refractivity contribution in [2.45, 2.75) is 20.0 Å². The number of rotatable bonds is 6. The lowest BCUT2D eigenvalue weighted by Gasteiger charge is -2.10.